The molecular formula is C28H28F3NO6. The van der Waals surface area contributed by atoms with Crippen molar-refractivity contribution in [2.24, 2.45) is 0 Å². The maximum absolute atomic E-state index is 14.2. The molecule has 1 amide bonds. The lowest BCUT2D eigenvalue weighted by atomic mass is 9.89. The van der Waals surface area contributed by atoms with Gasteiger partial charge in [-0.05, 0) is 54.8 Å². The van der Waals surface area contributed by atoms with Gasteiger partial charge in [0.2, 0.25) is 0 Å². The largest absolute Gasteiger partial charge is 0.496 e. The molecule has 0 heterocycles. The molecule has 3 aromatic carbocycles. The van der Waals surface area contributed by atoms with E-state index in [2.05, 4.69) is 5.32 Å². The van der Waals surface area contributed by atoms with Gasteiger partial charge in [0, 0.05) is 17.5 Å². The lowest BCUT2D eigenvalue weighted by molar-refractivity contribution is -0.143. The number of amides is 1. The van der Waals surface area contributed by atoms with Crippen LogP contribution < -0.4 is 10.1 Å². The second-order valence-corrected chi connectivity index (χ2v) is 9.47. The van der Waals surface area contributed by atoms with Crippen molar-refractivity contribution in [2.45, 2.75) is 45.0 Å². The predicted octanol–water partition coefficient (Wildman–Crippen LogP) is 5.96. The molecule has 0 radical (unpaired) electrons. The van der Waals surface area contributed by atoms with E-state index in [1.54, 1.807) is 51.1 Å². The first-order valence-electron chi connectivity index (χ1n) is 11.6. The van der Waals surface area contributed by atoms with Crippen molar-refractivity contribution in [3.63, 3.8) is 0 Å². The molecule has 0 unspecified atom stereocenters. The van der Waals surface area contributed by atoms with Crippen LogP contribution in [0.3, 0.4) is 0 Å². The Hall–Kier alpha value is -4.08. The first-order valence-corrected chi connectivity index (χ1v) is 11.6. The first kappa shape index (κ1) is 28.5. The smallest absolute Gasteiger partial charge is 0.417 e. The number of ether oxygens (including phenoxy) is 3. The highest BCUT2D eigenvalue weighted by Gasteiger charge is 2.38. The number of hydrogen-bond acceptors (Lipinski definition) is 6. The molecule has 3 aromatic rings. The lowest BCUT2D eigenvalue weighted by Gasteiger charge is -2.23. The molecule has 10 heteroatoms. The summed E-state index contributed by atoms with van der Waals surface area (Å²) in [6, 6.07) is 11.0. The first-order chi connectivity index (χ1) is 17.8. The highest BCUT2D eigenvalue weighted by Crippen LogP contribution is 2.46. The molecule has 1 atom stereocenters. The van der Waals surface area contributed by atoms with Crippen LogP contribution in [0.15, 0.2) is 48.5 Å². The van der Waals surface area contributed by atoms with Crippen LogP contribution in [0.4, 0.5) is 18.0 Å². The fourth-order valence-corrected chi connectivity index (χ4v) is 4.22. The Balaban J connectivity index is 2.18. The number of nitrogens with one attached hydrogen (secondary N) is 1. The summed E-state index contributed by atoms with van der Waals surface area (Å²) < 4.78 is 58.0. The van der Waals surface area contributed by atoms with Crippen LogP contribution in [0.5, 0.6) is 5.75 Å². The quantitative estimate of drug-likeness (QED) is 0.299. The fourth-order valence-electron chi connectivity index (χ4n) is 4.22. The lowest BCUT2D eigenvalue weighted by Crippen LogP contribution is -2.45. The van der Waals surface area contributed by atoms with E-state index in [9.17, 15) is 27.6 Å². The summed E-state index contributed by atoms with van der Waals surface area (Å²) >= 11 is 0. The van der Waals surface area contributed by atoms with Crippen LogP contribution in [-0.2, 0) is 26.9 Å². The van der Waals surface area contributed by atoms with Gasteiger partial charge < -0.3 is 19.5 Å². The van der Waals surface area contributed by atoms with Gasteiger partial charge in [0.05, 0.1) is 19.8 Å². The number of benzene rings is 3. The van der Waals surface area contributed by atoms with Crippen molar-refractivity contribution in [3.05, 3.63) is 65.2 Å². The van der Waals surface area contributed by atoms with E-state index in [1.807, 2.05) is 0 Å². The highest BCUT2D eigenvalue weighted by atomic mass is 19.4. The number of alkyl halides is 3. The van der Waals surface area contributed by atoms with Crippen LogP contribution in [-0.4, -0.2) is 44.2 Å². The molecule has 202 valence electrons. The molecule has 0 bridgehead atoms. The maximum atomic E-state index is 14.2. The summed E-state index contributed by atoms with van der Waals surface area (Å²) in [4.78, 5) is 36.4. The standard InChI is InChI=1S/C28H28F3NO6/c1-27(2,3)38-26(35)32-21(25(34)37-5)14-16-8-6-10-19-18(16)9-7-11-20(19)23-22(36-4)13-12-17(15-33)24(23)28(29,30)31/h6-13,15,21H,14H2,1-5H3,(H,32,35)/t21-/m0/s1. The van der Waals surface area contributed by atoms with Gasteiger partial charge in [-0.1, -0.05) is 36.4 Å². The van der Waals surface area contributed by atoms with Gasteiger partial charge in [-0.25, -0.2) is 9.59 Å². The SMILES string of the molecule is COC(=O)[C@H](Cc1cccc2c(-c3c(OC)ccc(C=O)c3C(F)(F)F)cccc12)NC(=O)OC(C)(C)C. The van der Waals surface area contributed by atoms with Crippen LogP contribution >= 0.6 is 0 Å². The van der Waals surface area contributed by atoms with Crippen molar-refractivity contribution < 1.29 is 41.8 Å². The molecule has 0 fully saturated rings. The molecular weight excluding hydrogens is 503 g/mol. The molecule has 0 saturated heterocycles. The number of aldehydes is 1. The van der Waals surface area contributed by atoms with E-state index in [-0.39, 0.29) is 29.6 Å². The minimum atomic E-state index is -4.84. The topological polar surface area (TPSA) is 90.9 Å². The van der Waals surface area contributed by atoms with Crippen molar-refractivity contribution in [3.8, 4) is 16.9 Å². The van der Waals surface area contributed by atoms with Crippen LogP contribution in [0, 0.1) is 0 Å². The number of hydrogen-bond donors (Lipinski definition) is 1. The molecule has 0 aromatic heterocycles. The number of fused-ring (bicyclic) bond motifs is 1. The van der Waals surface area contributed by atoms with Gasteiger partial charge in [-0.15, -0.1) is 0 Å². The third-order valence-corrected chi connectivity index (χ3v) is 5.71. The Morgan fingerprint density at radius 2 is 1.63 bits per heavy atom. The Morgan fingerprint density at radius 3 is 2.21 bits per heavy atom. The monoisotopic (exact) mass is 531 g/mol. The van der Waals surface area contributed by atoms with Crippen molar-refractivity contribution >= 4 is 29.1 Å². The third kappa shape index (κ3) is 6.24. The Morgan fingerprint density at radius 1 is 0.974 bits per heavy atom. The van der Waals surface area contributed by atoms with Crippen LogP contribution in [0.2, 0.25) is 0 Å². The highest BCUT2D eigenvalue weighted by molar-refractivity contribution is 6.02. The molecule has 0 aliphatic rings. The summed E-state index contributed by atoms with van der Waals surface area (Å²) in [5.74, 6) is -0.774. The van der Waals surface area contributed by atoms with Crippen LogP contribution in [0.1, 0.15) is 42.3 Å². The molecule has 1 N–H and O–H groups in total. The molecule has 0 aliphatic heterocycles. The molecule has 0 saturated carbocycles. The van der Waals surface area contributed by atoms with Gasteiger partial charge in [-0.2, -0.15) is 13.2 Å². The van der Waals surface area contributed by atoms with Crippen molar-refractivity contribution in [1.82, 2.24) is 5.32 Å². The number of alkyl carbamates (subject to hydrolysis) is 1. The number of rotatable bonds is 7. The number of esters is 1. The Kier molecular flexibility index (Phi) is 8.34. The average Bonchev–Trinajstić information content (AvgIpc) is 2.85. The molecule has 0 aliphatic carbocycles. The van der Waals surface area contributed by atoms with Gasteiger partial charge >= 0.3 is 18.2 Å². The molecule has 0 spiro atoms. The van der Waals surface area contributed by atoms with Gasteiger partial charge in [0.1, 0.15) is 17.4 Å². The summed E-state index contributed by atoms with van der Waals surface area (Å²) in [7, 11) is 2.43. The fraction of sp³-hybridized carbons (Fsp3) is 0.321. The second kappa shape index (κ2) is 11.1. The third-order valence-electron chi connectivity index (χ3n) is 5.71. The zero-order valence-corrected chi connectivity index (χ0v) is 21.6. The van der Waals surface area contributed by atoms with E-state index < -0.39 is 41.0 Å². The van der Waals surface area contributed by atoms with Gasteiger partial charge in [-0.3, -0.25) is 4.79 Å². The summed E-state index contributed by atoms with van der Waals surface area (Å²) in [5, 5.41) is 3.47. The normalized spacial score (nSPS) is 12.5. The molecule has 7 nitrogen and oxygen atoms in total. The van der Waals surface area contributed by atoms with Crippen molar-refractivity contribution in [1.29, 1.82) is 0 Å². The van der Waals surface area contributed by atoms with Gasteiger partial charge in [0.25, 0.3) is 0 Å². The van der Waals surface area contributed by atoms with E-state index in [4.69, 9.17) is 14.2 Å². The maximum Gasteiger partial charge on any atom is 0.417 e. The van der Waals surface area contributed by atoms with E-state index in [1.165, 1.54) is 26.4 Å². The van der Waals surface area contributed by atoms with Crippen LogP contribution in [0.25, 0.3) is 21.9 Å². The summed E-state index contributed by atoms with van der Waals surface area (Å²) in [5.41, 5.74) is -1.95. The van der Waals surface area contributed by atoms with Crippen molar-refractivity contribution in [2.75, 3.05) is 14.2 Å². The average molecular weight is 532 g/mol. The Labute approximate surface area is 217 Å². The zero-order valence-electron chi connectivity index (χ0n) is 21.6. The minimum absolute atomic E-state index is 0.0235. The number of carbonyl (C=O) groups excluding carboxylic acids is 3. The minimum Gasteiger partial charge on any atom is -0.496 e. The summed E-state index contributed by atoms with van der Waals surface area (Å²) in [6.45, 7) is 5.03. The molecule has 3 rings (SSSR count). The van der Waals surface area contributed by atoms with Gasteiger partial charge in [0.15, 0.2) is 6.29 Å². The number of methoxy groups -OCH3 is 2. The number of carbonyl (C=O) groups is 3. The van der Waals surface area contributed by atoms with E-state index in [0.29, 0.717) is 16.3 Å². The predicted molar refractivity (Wildman–Crippen MR) is 135 cm³/mol. The number of halogens is 3. The molecule has 38 heavy (non-hydrogen) atoms. The Bertz CT molecular complexity index is 1360. The summed E-state index contributed by atoms with van der Waals surface area (Å²) in [6.07, 6.45) is -5.53. The van der Waals surface area contributed by atoms with E-state index in [0.717, 1.165) is 6.07 Å². The van der Waals surface area contributed by atoms with E-state index >= 15 is 0 Å². The zero-order chi connectivity index (χ0) is 28.3. The second-order valence-electron chi connectivity index (χ2n) is 9.47.